The SMILES string of the molecule is O=C(CSc1nc(C(F)(F)F)cc(=O)[nH]1)c1cccnc1. The molecule has 110 valence electrons. The maximum Gasteiger partial charge on any atom is 0.433 e. The average Bonchev–Trinajstić information content (AvgIpc) is 2.44. The monoisotopic (exact) mass is 315 g/mol. The molecule has 0 aliphatic heterocycles. The Hall–Kier alpha value is -2.16. The molecule has 5 nitrogen and oxygen atoms in total. The zero-order chi connectivity index (χ0) is 15.5. The summed E-state index contributed by atoms with van der Waals surface area (Å²) in [7, 11) is 0. The molecule has 21 heavy (non-hydrogen) atoms. The number of nitrogens with one attached hydrogen (secondary N) is 1. The predicted octanol–water partition coefficient (Wildman–Crippen LogP) is 2.16. The summed E-state index contributed by atoms with van der Waals surface area (Å²) >= 11 is 0.724. The second kappa shape index (κ2) is 6.08. The van der Waals surface area contributed by atoms with Crippen molar-refractivity contribution in [3.05, 3.63) is 52.2 Å². The molecule has 0 radical (unpaired) electrons. The first-order chi connectivity index (χ1) is 9.86. The minimum Gasteiger partial charge on any atom is -0.301 e. The van der Waals surface area contributed by atoms with Crippen LogP contribution in [-0.4, -0.2) is 26.5 Å². The van der Waals surface area contributed by atoms with E-state index in [9.17, 15) is 22.8 Å². The molecule has 2 heterocycles. The Labute approximate surface area is 120 Å². The number of carbonyl (C=O) groups excluding carboxylic acids is 1. The van der Waals surface area contributed by atoms with Crippen molar-refractivity contribution < 1.29 is 18.0 Å². The van der Waals surface area contributed by atoms with Crippen molar-refractivity contribution in [3.8, 4) is 0 Å². The minimum atomic E-state index is -4.71. The van der Waals surface area contributed by atoms with E-state index in [4.69, 9.17) is 0 Å². The summed E-state index contributed by atoms with van der Waals surface area (Å²) in [6, 6.07) is 3.48. The average molecular weight is 315 g/mol. The lowest BCUT2D eigenvalue weighted by molar-refractivity contribution is -0.141. The predicted molar refractivity (Wildman–Crippen MR) is 69.2 cm³/mol. The first kappa shape index (κ1) is 15.2. The van der Waals surface area contributed by atoms with Gasteiger partial charge in [0.05, 0.1) is 5.75 Å². The first-order valence-electron chi connectivity index (χ1n) is 5.61. The summed E-state index contributed by atoms with van der Waals surface area (Å²) in [6.45, 7) is 0. The number of carbonyl (C=O) groups is 1. The van der Waals surface area contributed by atoms with Gasteiger partial charge in [0.25, 0.3) is 5.56 Å². The van der Waals surface area contributed by atoms with Gasteiger partial charge in [0.2, 0.25) is 0 Å². The lowest BCUT2D eigenvalue weighted by Gasteiger charge is -2.06. The zero-order valence-corrected chi connectivity index (χ0v) is 11.2. The highest BCUT2D eigenvalue weighted by molar-refractivity contribution is 7.99. The highest BCUT2D eigenvalue weighted by atomic mass is 32.2. The van der Waals surface area contributed by atoms with E-state index >= 15 is 0 Å². The molecule has 0 aromatic carbocycles. The van der Waals surface area contributed by atoms with Gasteiger partial charge in [0.1, 0.15) is 0 Å². The van der Waals surface area contributed by atoms with Crippen molar-refractivity contribution in [2.45, 2.75) is 11.3 Å². The Morgan fingerprint density at radius 1 is 1.38 bits per heavy atom. The van der Waals surface area contributed by atoms with Crippen LogP contribution in [0.1, 0.15) is 16.1 Å². The summed E-state index contributed by atoms with van der Waals surface area (Å²) in [6.07, 6.45) is -1.86. The van der Waals surface area contributed by atoms with Gasteiger partial charge < -0.3 is 4.98 Å². The molecule has 2 aromatic heterocycles. The number of pyridine rings is 1. The summed E-state index contributed by atoms with van der Waals surface area (Å²) in [5, 5.41) is -0.257. The van der Waals surface area contributed by atoms with Crippen LogP contribution in [0.5, 0.6) is 0 Å². The van der Waals surface area contributed by atoms with E-state index in [-0.39, 0.29) is 16.7 Å². The lowest BCUT2D eigenvalue weighted by Crippen LogP contribution is -2.17. The number of nitrogens with zero attached hydrogens (tertiary/aromatic N) is 2. The molecule has 0 saturated heterocycles. The summed E-state index contributed by atoms with van der Waals surface area (Å²) < 4.78 is 37.5. The second-order valence-electron chi connectivity index (χ2n) is 3.89. The van der Waals surface area contributed by atoms with Crippen molar-refractivity contribution in [3.63, 3.8) is 0 Å². The molecular weight excluding hydrogens is 307 g/mol. The van der Waals surface area contributed by atoms with Crippen molar-refractivity contribution in [1.29, 1.82) is 0 Å². The van der Waals surface area contributed by atoms with Gasteiger partial charge in [-0.15, -0.1) is 0 Å². The van der Waals surface area contributed by atoms with E-state index in [1.54, 1.807) is 6.07 Å². The standard InChI is InChI=1S/C12H8F3N3O2S/c13-12(14,15)9-4-10(20)18-11(17-9)21-6-8(19)7-2-1-3-16-5-7/h1-5H,6H2,(H,17,18,20). The van der Waals surface area contributed by atoms with Crippen LogP contribution in [0.3, 0.4) is 0 Å². The third kappa shape index (κ3) is 4.15. The Bertz CT molecular complexity index is 701. The second-order valence-corrected chi connectivity index (χ2v) is 4.85. The topological polar surface area (TPSA) is 75.7 Å². The van der Waals surface area contributed by atoms with Gasteiger partial charge in [-0.05, 0) is 12.1 Å². The van der Waals surface area contributed by atoms with Crippen LogP contribution in [0.15, 0.2) is 40.5 Å². The Kier molecular flexibility index (Phi) is 4.41. The Morgan fingerprint density at radius 3 is 2.76 bits per heavy atom. The van der Waals surface area contributed by atoms with Crippen LogP contribution in [-0.2, 0) is 6.18 Å². The van der Waals surface area contributed by atoms with E-state index in [0.29, 0.717) is 11.6 Å². The zero-order valence-electron chi connectivity index (χ0n) is 10.3. The van der Waals surface area contributed by atoms with Gasteiger partial charge in [-0.3, -0.25) is 14.6 Å². The summed E-state index contributed by atoms with van der Waals surface area (Å²) in [4.78, 5) is 32.2. The molecule has 1 N–H and O–H groups in total. The number of H-pyrrole nitrogens is 1. The van der Waals surface area contributed by atoms with E-state index in [0.717, 1.165) is 11.8 Å². The van der Waals surface area contributed by atoms with Crippen LogP contribution in [0.25, 0.3) is 0 Å². The van der Waals surface area contributed by atoms with Gasteiger partial charge in [0, 0.05) is 24.0 Å². The van der Waals surface area contributed by atoms with E-state index in [1.165, 1.54) is 18.5 Å². The number of aromatic nitrogens is 3. The minimum absolute atomic E-state index is 0.157. The lowest BCUT2D eigenvalue weighted by atomic mass is 10.2. The maximum atomic E-state index is 12.5. The van der Waals surface area contributed by atoms with Crippen LogP contribution in [0, 0.1) is 0 Å². The van der Waals surface area contributed by atoms with Crippen LogP contribution < -0.4 is 5.56 Å². The molecule has 2 rings (SSSR count). The number of Topliss-reactive ketones (excluding diaryl/α,β-unsaturated/α-hetero) is 1. The van der Waals surface area contributed by atoms with Gasteiger partial charge >= 0.3 is 6.18 Å². The maximum absolute atomic E-state index is 12.5. The molecular formula is C12H8F3N3O2S. The smallest absolute Gasteiger partial charge is 0.301 e. The number of aromatic amines is 1. The fourth-order valence-electron chi connectivity index (χ4n) is 1.39. The van der Waals surface area contributed by atoms with Crippen molar-refractivity contribution in [2.24, 2.45) is 0 Å². The van der Waals surface area contributed by atoms with Crippen molar-refractivity contribution in [1.82, 2.24) is 15.0 Å². The number of rotatable bonds is 4. The van der Waals surface area contributed by atoms with Crippen LogP contribution in [0.2, 0.25) is 0 Å². The number of halogens is 3. The normalized spacial score (nSPS) is 11.4. The molecule has 0 spiro atoms. The van der Waals surface area contributed by atoms with E-state index in [1.807, 2.05) is 0 Å². The molecule has 0 unspecified atom stereocenters. The molecule has 0 atom stereocenters. The largest absolute Gasteiger partial charge is 0.433 e. The third-order valence-electron chi connectivity index (χ3n) is 2.33. The summed E-state index contributed by atoms with van der Waals surface area (Å²) in [5.74, 6) is -0.483. The quantitative estimate of drug-likeness (QED) is 0.531. The number of alkyl halides is 3. The van der Waals surface area contributed by atoms with Crippen molar-refractivity contribution >= 4 is 17.5 Å². The number of hydrogen-bond acceptors (Lipinski definition) is 5. The van der Waals surface area contributed by atoms with Gasteiger partial charge in [-0.2, -0.15) is 13.2 Å². The van der Waals surface area contributed by atoms with E-state index in [2.05, 4.69) is 15.0 Å². The highest BCUT2D eigenvalue weighted by Gasteiger charge is 2.33. The highest BCUT2D eigenvalue weighted by Crippen LogP contribution is 2.27. The molecule has 0 amide bonds. The molecule has 9 heteroatoms. The molecule has 0 aliphatic rings. The van der Waals surface area contributed by atoms with Crippen LogP contribution in [0.4, 0.5) is 13.2 Å². The molecule has 0 bridgehead atoms. The van der Waals surface area contributed by atoms with Gasteiger partial charge in [-0.25, -0.2) is 4.98 Å². The Balaban J connectivity index is 2.12. The van der Waals surface area contributed by atoms with Gasteiger partial charge in [-0.1, -0.05) is 11.8 Å². The van der Waals surface area contributed by atoms with Crippen LogP contribution >= 0.6 is 11.8 Å². The fraction of sp³-hybridized carbons (Fsp3) is 0.167. The number of hydrogen-bond donors (Lipinski definition) is 1. The van der Waals surface area contributed by atoms with Gasteiger partial charge in [0.15, 0.2) is 16.6 Å². The number of ketones is 1. The molecule has 0 aliphatic carbocycles. The molecule has 0 fully saturated rings. The third-order valence-corrected chi connectivity index (χ3v) is 3.21. The Morgan fingerprint density at radius 2 is 2.14 bits per heavy atom. The fourth-order valence-corrected chi connectivity index (χ4v) is 2.16. The number of thioether (sulfide) groups is 1. The van der Waals surface area contributed by atoms with Crippen molar-refractivity contribution in [2.75, 3.05) is 5.75 Å². The van der Waals surface area contributed by atoms with E-state index < -0.39 is 17.4 Å². The first-order valence-corrected chi connectivity index (χ1v) is 6.59. The summed E-state index contributed by atoms with van der Waals surface area (Å²) in [5.41, 5.74) is -1.88. The molecule has 2 aromatic rings. The molecule has 0 saturated carbocycles.